The van der Waals surface area contributed by atoms with Gasteiger partial charge in [-0.05, 0) is 48.4 Å². The van der Waals surface area contributed by atoms with Crippen LogP contribution in [0.25, 0.3) is 10.4 Å². The Bertz CT molecular complexity index is 898. The number of hydrogen-bond donors (Lipinski definition) is 0. The third-order valence-electron chi connectivity index (χ3n) is 3.69. The summed E-state index contributed by atoms with van der Waals surface area (Å²) in [6, 6.07) is 9.30. The maximum absolute atomic E-state index is 12.6. The summed E-state index contributed by atoms with van der Waals surface area (Å²) in [4.78, 5) is 30.1. The number of rotatable bonds is 7. The minimum atomic E-state index is -0.312. The largest absolute Gasteiger partial charge is 0.497 e. The SMILES string of the molecule is CCOC(=O)Cc1cc(C(=O)c2cscn2)sc1-c1ccc(OC)cc1. The smallest absolute Gasteiger partial charge is 0.310 e. The van der Waals surface area contributed by atoms with Crippen LogP contribution in [0.1, 0.15) is 27.9 Å². The lowest BCUT2D eigenvalue weighted by molar-refractivity contribution is -0.142. The van der Waals surface area contributed by atoms with Gasteiger partial charge in [0.15, 0.2) is 0 Å². The quantitative estimate of drug-likeness (QED) is 0.449. The highest BCUT2D eigenvalue weighted by Gasteiger charge is 2.20. The normalized spacial score (nSPS) is 10.5. The maximum Gasteiger partial charge on any atom is 0.310 e. The van der Waals surface area contributed by atoms with Crippen molar-refractivity contribution in [2.45, 2.75) is 13.3 Å². The van der Waals surface area contributed by atoms with E-state index in [4.69, 9.17) is 9.47 Å². The molecule has 5 nitrogen and oxygen atoms in total. The van der Waals surface area contributed by atoms with Gasteiger partial charge in [-0.15, -0.1) is 22.7 Å². The minimum Gasteiger partial charge on any atom is -0.497 e. The van der Waals surface area contributed by atoms with Crippen molar-refractivity contribution in [3.63, 3.8) is 0 Å². The molecular formula is C19H17NO4S2. The van der Waals surface area contributed by atoms with Crippen LogP contribution in [-0.4, -0.2) is 30.5 Å². The molecule has 0 amide bonds. The molecule has 0 aliphatic carbocycles. The van der Waals surface area contributed by atoms with E-state index in [1.165, 1.54) is 22.7 Å². The van der Waals surface area contributed by atoms with Crippen molar-refractivity contribution in [3.8, 4) is 16.2 Å². The number of ether oxygens (including phenoxy) is 2. The zero-order chi connectivity index (χ0) is 18.5. The van der Waals surface area contributed by atoms with Crippen LogP contribution in [0.2, 0.25) is 0 Å². The molecular weight excluding hydrogens is 370 g/mol. The Balaban J connectivity index is 1.99. The van der Waals surface area contributed by atoms with Crippen molar-refractivity contribution >= 4 is 34.4 Å². The van der Waals surface area contributed by atoms with Crippen LogP contribution in [0.15, 0.2) is 41.2 Å². The Labute approximate surface area is 159 Å². The molecule has 0 spiro atoms. The molecule has 26 heavy (non-hydrogen) atoms. The van der Waals surface area contributed by atoms with Crippen LogP contribution in [-0.2, 0) is 16.0 Å². The molecule has 0 radical (unpaired) electrons. The molecule has 0 unspecified atom stereocenters. The van der Waals surface area contributed by atoms with Crippen molar-refractivity contribution in [3.05, 3.63) is 57.4 Å². The van der Waals surface area contributed by atoms with Crippen LogP contribution in [0, 0.1) is 0 Å². The number of carbonyl (C=O) groups excluding carboxylic acids is 2. The molecule has 0 N–H and O–H groups in total. The highest BCUT2D eigenvalue weighted by molar-refractivity contribution is 7.17. The van der Waals surface area contributed by atoms with E-state index in [-0.39, 0.29) is 18.2 Å². The van der Waals surface area contributed by atoms with E-state index in [1.54, 1.807) is 31.0 Å². The van der Waals surface area contributed by atoms with Gasteiger partial charge in [0.25, 0.3) is 0 Å². The van der Waals surface area contributed by atoms with E-state index in [0.29, 0.717) is 17.2 Å². The molecule has 0 bridgehead atoms. The Hall–Kier alpha value is -2.51. The van der Waals surface area contributed by atoms with Gasteiger partial charge in [-0.25, -0.2) is 4.98 Å². The Morgan fingerprint density at radius 2 is 1.96 bits per heavy atom. The van der Waals surface area contributed by atoms with Gasteiger partial charge in [0.05, 0.1) is 30.5 Å². The zero-order valence-corrected chi connectivity index (χ0v) is 16.0. The van der Waals surface area contributed by atoms with Gasteiger partial charge in [-0.2, -0.15) is 0 Å². The van der Waals surface area contributed by atoms with E-state index in [0.717, 1.165) is 21.8 Å². The molecule has 0 aliphatic heterocycles. The number of carbonyl (C=O) groups is 2. The lowest BCUT2D eigenvalue weighted by atomic mass is 10.1. The summed E-state index contributed by atoms with van der Waals surface area (Å²) in [5.41, 5.74) is 3.75. The van der Waals surface area contributed by atoms with E-state index < -0.39 is 0 Å². The van der Waals surface area contributed by atoms with Crippen molar-refractivity contribution in [1.82, 2.24) is 4.98 Å². The Kier molecular flexibility index (Phi) is 5.80. The first kappa shape index (κ1) is 18.3. The second-order valence-corrected chi connectivity index (χ2v) is 7.15. The summed E-state index contributed by atoms with van der Waals surface area (Å²) < 4.78 is 10.3. The molecule has 0 atom stereocenters. The van der Waals surface area contributed by atoms with Gasteiger partial charge in [0.2, 0.25) is 5.78 Å². The molecule has 134 valence electrons. The number of esters is 1. The molecule has 2 aromatic heterocycles. The maximum atomic E-state index is 12.6. The summed E-state index contributed by atoms with van der Waals surface area (Å²) in [6.45, 7) is 2.10. The van der Waals surface area contributed by atoms with E-state index in [9.17, 15) is 9.59 Å². The van der Waals surface area contributed by atoms with E-state index in [1.807, 2.05) is 24.3 Å². The fraction of sp³-hybridized carbons (Fsp3) is 0.211. The van der Waals surface area contributed by atoms with E-state index in [2.05, 4.69) is 4.98 Å². The predicted octanol–water partition coefficient (Wildman–Crippen LogP) is 4.22. The molecule has 3 rings (SSSR count). The lowest BCUT2D eigenvalue weighted by Gasteiger charge is -2.05. The number of thiazole rings is 1. The third-order valence-corrected chi connectivity index (χ3v) is 5.50. The number of benzene rings is 1. The van der Waals surface area contributed by atoms with Gasteiger partial charge in [0.1, 0.15) is 11.4 Å². The average molecular weight is 387 g/mol. The number of hydrogen-bond acceptors (Lipinski definition) is 7. The van der Waals surface area contributed by atoms with E-state index >= 15 is 0 Å². The molecule has 1 aromatic carbocycles. The van der Waals surface area contributed by atoms with Crippen molar-refractivity contribution in [2.24, 2.45) is 0 Å². The standard InChI is InChI=1S/C19H17NO4S2/c1-3-24-17(21)9-13-8-16(18(22)15-10-25-11-20-15)26-19(13)12-4-6-14(23-2)7-5-12/h4-8,10-11H,3,9H2,1-2H3. The number of aromatic nitrogens is 1. The Morgan fingerprint density at radius 1 is 1.19 bits per heavy atom. The third kappa shape index (κ3) is 4.00. The molecule has 0 saturated carbocycles. The molecule has 0 aliphatic rings. The average Bonchev–Trinajstić information content (AvgIpc) is 3.31. The highest BCUT2D eigenvalue weighted by Crippen LogP contribution is 2.35. The summed E-state index contributed by atoms with van der Waals surface area (Å²) in [5.74, 6) is 0.296. The lowest BCUT2D eigenvalue weighted by Crippen LogP contribution is -2.07. The first-order chi connectivity index (χ1) is 12.6. The van der Waals surface area contributed by atoms with Crippen LogP contribution in [0.3, 0.4) is 0 Å². The van der Waals surface area contributed by atoms with Gasteiger partial charge in [-0.1, -0.05) is 0 Å². The number of methoxy groups -OCH3 is 1. The van der Waals surface area contributed by atoms with Crippen LogP contribution in [0.5, 0.6) is 5.75 Å². The number of ketones is 1. The van der Waals surface area contributed by atoms with Crippen LogP contribution < -0.4 is 4.74 Å². The summed E-state index contributed by atoms with van der Waals surface area (Å²) in [5, 5.41) is 1.72. The van der Waals surface area contributed by atoms with Crippen LogP contribution in [0.4, 0.5) is 0 Å². The number of nitrogens with zero attached hydrogens (tertiary/aromatic N) is 1. The second-order valence-electron chi connectivity index (χ2n) is 5.38. The minimum absolute atomic E-state index is 0.121. The van der Waals surface area contributed by atoms with Gasteiger partial charge in [-0.3, -0.25) is 9.59 Å². The first-order valence-corrected chi connectivity index (χ1v) is 9.74. The van der Waals surface area contributed by atoms with Crippen molar-refractivity contribution in [1.29, 1.82) is 0 Å². The molecule has 0 saturated heterocycles. The summed E-state index contributed by atoms with van der Waals surface area (Å²) in [6.07, 6.45) is 0.121. The number of thiophene rings is 1. The Morgan fingerprint density at radius 3 is 2.58 bits per heavy atom. The second kappa shape index (κ2) is 8.25. The van der Waals surface area contributed by atoms with Gasteiger partial charge >= 0.3 is 5.97 Å². The molecule has 3 aromatic rings. The predicted molar refractivity (Wildman–Crippen MR) is 102 cm³/mol. The topological polar surface area (TPSA) is 65.5 Å². The first-order valence-electron chi connectivity index (χ1n) is 7.98. The summed E-state index contributed by atoms with van der Waals surface area (Å²) >= 11 is 2.73. The molecule has 7 heteroatoms. The van der Waals surface area contributed by atoms with Crippen molar-refractivity contribution in [2.75, 3.05) is 13.7 Å². The van der Waals surface area contributed by atoms with Gasteiger partial charge < -0.3 is 9.47 Å². The van der Waals surface area contributed by atoms with Crippen LogP contribution >= 0.6 is 22.7 Å². The monoisotopic (exact) mass is 387 g/mol. The fourth-order valence-corrected chi connectivity index (χ4v) is 4.14. The highest BCUT2D eigenvalue weighted by atomic mass is 32.1. The van der Waals surface area contributed by atoms with Gasteiger partial charge in [0, 0.05) is 10.3 Å². The fourth-order valence-electron chi connectivity index (χ4n) is 2.48. The molecule has 0 fully saturated rings. The van der Waals surface area contributed by atoms with Crippen molar-refractivity contribution < 1.29 is 19.1 Å². The molecule has 2 heterocycles. The zero-order valence-electron chi connectivity index (χ0n) is 14.4. The summed E-state index contributed by atoms with van der Waals surface area (Å²) in [7, 11) is 1.61.